The first-order valence-electron chi connectivity index (χ1n) is 10.9. The SMILES string of the molecule is C[C@H](Nc1ncnc2cc(C(=O)N3CCS[C@H]3CC(F)(F)F)c(Cl)cc12)c1nc2ccc(Cl)cc2[nH]1. The third-order valence-electron chi connectivity index (χ3n) is 5.84. The summed E-state index contributed by atoms with van der Waals surface area (Å²) in [5.74, 6) is 1.01. The number of aromatic nitrogens is 4. The van der Waals surface area contributed by atoms with Crippen molar-refractivity contribution in [2.24, 2.45) is 0 Å². The average molecular weight is 555 g/mol. The Morgan fingerprint density at radius 2 is 2.06 bits per heavy atom. The van der Waals surface area contributed by atoms with Crippen molar-refractivity contribution < 1.29 is 18.0 Å². The van der Waals surface area contributed by atoms with Crippen LogP contribution in [0.15, 0.2) is 36.7 Å². The summed E-state index contributed by atoms with van der Waals surface area (Å²) in [4.78, 5) is 30.8. The third kappa shape index (κ3) is 5.05. The van der Waals surface area contributed by atoms with Crippen LogP contribution in [0.1, 0.15) is 35.6 Å². The number of hydrogen-bond donors (Lipinski definition) is 2. The number of anilines is 1. The Bertz CT molecular complexity index is 1460. The van der Waals surface area contributed by atoms with Crippen LogP contribution in [0.4, 0.5) is 19.0 Å². The Kier molecular flexibility index (Phi) is 6.65. The van der Waals surface area contributed by atoms with Gasteiger partial charge in [0, 0.05) is 22.7 Å². The average Bonchev–Trinajstić information content (AvgIpc) is 3.44. The number of aromatic amines is 1. The van der Waals surface area contributed by atoms with Crippen molar-refractivity contribution >= 4 is 68.6 Å². The predicted molar refractivity (Wildman–Crippen MR) is 136 cm³/mol. The summed E-state index contributed by atoms with van der Waals surface area (Å²) in [6.07, 6.45) is -4.10. The van der Waals surface area contributed by atoms with Gasteiger partial charge in [-0.2, -0.15) is 13.2 Å². The molecule has 4 aromatic rings. The number of benzene rings is 2. The fraction of sp³-hybridized carbons (Fsp3) is 0.304. The summed E-state index contributed by atoms with van der Waals surface area (Å²) in [5.41, 5.74) is 2.10. The predicted octanol–water partition coefficient (Wildman–Crippen LogP) is 6.45. The molecule has 2 N–H and O–H groups in total. The number of halogens is 5. The highest BCUT2D eigenvalue weighted by molar-refractivity contribution is 8.00. The van der Waals surface area contributed by atoms with Crippen LogP contribution in [0.2, 0.25) is 10.0 Å². The van der Waals surface area contributed by atoms with Crippen LogP contribution in [-0.2, 0) is 0 Å². The number of thioether (sulfide) groups is 1. The second kappa shape index (κ2) is 9.60. The van der Waals surface area contributed by atoms with Gasteiger partial charge in [-0.25, -0.2) is 15.0 Å². The molecule has 1 aliphatic heterocycles. The lowest BCUT2D eigenvalue weighted by Gasteiger charge is -2.25. The molecule has 3 heterocycles. The minimum atomic E-state index is -4.37. The number of fused-ring (bicyclic) bond motifs is 2. The van der Waals surface area contributed by atoms with Crippen molar-refractivity contribution in [2.45, 2.75) is 30.9 Å². The highest BCUT2D eigenvalue weighted by Crippen LogP contribution is 2.36. The van der Waals surface area contributed by atoms with Gasteiger partial charge in [0.2, 0.25) is 0 Å². The molecule has 0 saturated carbocycles. The number of imidazole rings is 1. The van der Waals surface area contributed by atoms with Gasteiger partial charge in [0.15, 0.2) is 0 Å². The van der Waals surface area contributed by atoms with Gasteiger partial charge in [0.05, 0.1) is 45.0 Å². The largest absolute Gasteiger partial charge is 0.391 e. The second-order valence-corrected chi connectivity index (χ2v) is 10.5. The minimum Gasteiger partial charge on any atom is -0.360 e. The lowest BCUT2D eigenvalue weighted by atomic mass is 10.1. The van der Waals surface area contributed by atoms with Crippen LogP contribution in [0, 0.1) is 0 Å². The first-order valence-corrected chi connectivity index (χ1v) is 12.7. The summed E-state index contributed by atoms with van der Waals surface area (Å²) < 4.78 is 38.9. The van der Waals surface area contributed by atoms with E-state index in [-0.39, 0.29) is 23.2 Å². The van der Waals surface area contributed by atoms with Gasteiger partial charge in [-0.05, 0) is 37.3 Å². The maximum Gasteiger partial charge on any atom is 0.391 e. The van der Waals surface area contributed by atoms with Crippen LogP contribution < -0.4 is 5.32 Å². The van der Waals surface area contributed by atoms with Crippen molar-refractivity contribution in [1.29, 1.82) is 0 Å². The van der Waals surface area contributed by atoms with Crippen molar-refractivity contribution in [3.63, 3.8) is 0 Å². The summed E-state index contributed by atoms with van der Waals surface area (Å²) >= 11 is 13.6. The first kappa shape index (κ1) is 24.9. The summed E-state index contributed by atoms with van der Waals surface area (Å²) in [7, 11) is 0. The summed E-state index contributed by atoms with van der Waals surface area (Å²) in [5, 5.41) is 3.57. The quantitative estimate of drug-likeness (QED) is 0.294. The number of hydrogen-bond acceptors (Lipinski definition) is 6. The molecule has 2 atom stereocenters. The molecule has 1 fully saturated rings. The topological polar surface area (TPSA) is 86.8 Å². The van der Waals surface area contributed by atoms with E-state index in [0.717, 1.165) is 22.8 Å². The Morgan fingerprint density at radius 3 is 2.83 bits per heavy atom. The lowest BCUT2D eigenvalue weighted by Crippen LogP contribution is -2.37. The standard InChI is InChI=1S/C23H19Cl2F3N6OS/c1-11(20-32-16-3-2-12(24)6-18(16)33-20)31-21-14-7-15(25)13(8-17(14)29-10-30-21)22(35)34-4-5-36-19(34)9-23(26,27)28/h2-3,6-8,10-11,19H,4-5,9H2,1H3,(H,32,33)(H,29,30,31)/t11-,19-/m0/s1. The monoisotopic (exact) mass is 554 g/mol. The smallest absolute Gasteiger partial charge is 0.360 e. The number of alkyl halides is 3. The molecule has 0 spiro atoms. The van der Waals surface area contributed by atoms with E-state index in [1.807, 2.05) is 13.0 Å². The highest BCUT2D eigenvalue weighted by atomic mass is 35.5. The van der Waals surface area contributed by atoms with Gasteiger partial charge in [-0.3, -0.25) is 4.79 Å². The molecule has 1 saturated heterocycles. The van der Waals surface area contributed by atoms with E-state index in [4.69, 9.17) is 23.2 Å². The Morgan fingerprint density at radius 1 is 1.25 bits per heavy atom. The van der Waals surface area contributed by atoms with Crippen LogP contribution in [0.5, 0.6) is 0 Å². The van der Waals surface area contributed by atoms with Crippen LogP contribution in [0.3, 0.4) is 0 Å². The van der Waals surface area contributed by atoms with E-state index in [0.29, 0.717) is 33.3 Å². The molecule has 2 aromatic carbocycles. The number of rotatable bonds is 5. The number of nitrogens with zero attached hydrogens (tertiary/aromatic N) is 4. The van der Waals surface area contributed by atoms with Crippen LogP contribution >= 0.6 is 35.0 Å². The number of H-pyrrole nitrogens is 1. The first-order chi connectivity index (χ1) is 17.1. The fourth-order valence-corrected chi connectivity index (χ4v) is 5.79. The molecule has 0 unspecified atom stereocenters. The molecule has 1 aliphatic rings. The van der Waals surface area contributed by atoms with Gasteiger partial charge in [-0.1, -0.05) is 23.2 Å². The summed E-state index contributed by atoms with van der Waals surface area (Å²) in [6, 6.07) is 8.14. The fourth-order valence-electron chi connectivity index (χ4n) is 4.11. The van der Waals surface area contributed by atoms with Gasteiger partial charge in [0.1, 0.15) is 18.0 Å². The van der Waals surface area contributed by atoms with E-state index >= 15 is 0 Å². The van der Waals surface area contributed by atoms with Crippen molar-refractivity contribution in [1.82, 2.24) is 24.8 Å². The van der Waals surface area contributed by atoms with E-state index < -0.39 is 23.9 Å². The molecule has 13 heteroatoms. The molecular formula is C23H19Cl2F3N6OS. The molecule has 36 heavy (non-hydrogen) atoms. The molecule has 7 nitrogen and oxygen atoms in total. The summed E-state index contributed by atoms with van der Waals surface area (Å²) in [6.45, 7) is 2.12. The normalized spacial score (nSPS) is 17.2. The van der Waals surface area contributed by atoms with Gasteiger partial charge in [-0.15, -0.1) is 11.8 Å². The number of nitrogens with one attached hydrogen (secondary N) is 2. The van der Waals surface area contributed by atoms with E-state index in [1.165, 1.54) is 17.3 Å². The second-order valence-electron chi connectivity index (χ2n) is 8.36. The van der Waals surface area contributed by atoms with E-state index in [2.05, 4.69) is 25.3 Å². The minimum absolute atomic E-state index is 0.103. The van der Waals surface area contributed by atoms with Crippen LogP contribution in [-0.4, -0.2) is 54.6 Å². The molecule has 5 rings (SSSR count). The Hall–Kier alpha value is -2.76. The number of amides is 1. The van der Waals surface area contributed by atoms with Crippen molar-refractivity contribution in [3.8, 4) is 0 Å². The van der Waals surface area contributed by atoms with E-state index in [9.17, 15) is 18.0 Å². The zero-order valence-corrected chi connectivity index (χ0v) is 21.1. The maximum absolute atomic E-state index is 13.1. The molecule has 0 aliphatic carbocycles. The molecule has 0 radical (unpaired) electrons. The molecule has 1 amide bonds. The number of carbonyl (C=O) groups is 1. The Balaban J connectivity index is 1.42. The number of carbonyl (C=O) groups excluding carboxylic acids is 1. The molecule has 2 aromatic heterocycles. The van der Waals surface area contributed by atoms with Gasteiger partial charge < -0.3 is 15.2 Å². The van der Waals surface area contributed by atoms with E-state index in [1.54, 1.807) is 18.2 Å². The lowest BCUT2D eigenvalue weighted by molar-refractivity contribution is -0.138. The van der Waals surface area contributed by atoms with Crippen LogP contribution in [0.25, 0.3) is 21.9 Å². The van der Waals surface area contributed by atoms with Crippen molar-refractivity contribution in [2.75, 3.05) is 17.6 Å². The third-order valence-corrected chi connectivity index (χ3v) is 7.61. The van der Waals surface area contributed by atoms with Crippen molar-refractivity contribution in [3.05, 3.63) is 58.1 Å². The van der Waals surface area contributed by atoms with Gasteiger partial charge >= 0.3 is 6.18 Å². The highest BCUT2D eigenvalue weighted by Gasteiger charge is 2.40. The molecular weight excluding hydrogens is 536 g/mol. The molecule has 188 valence electrons. The molecule has 0 bridgehead atoms. The van der Waals surface area contributed by atoms with Gasteiger partial charge in [0.25, 0.3) is 5.91 Å². The zero-order valence-electron chi connectivity index (χ0n) is 18.7. The Labute approximate surface area is 217 Å². The maximum atomic E-state index is 13.1. The zero-order chi connectivity index (χ0) is 25.6.